The Hall–Kier alpha value is -2.26. The van der Waals surface area contributed by atoms with Crippen molar-refractivity contribution in [3.8, 4) is 22.3 Å². The third-order valence-electron chi connectivity index (χ3n) is 10.4. The molecule has 0 amide bonds. The molecule has 58 heavy (non-hydrogen) atoms. The number of hydrogen-bond acceptors (Lipinski definition) is 1. The van der Waals surface area contributed by atoms with Crippen LogP contribution in [-0.2, 0) is 51.7 Å². The van der Waals surface area contributed by atoms with E-state index in [0.29, 0.717) is 0 Å². The van der Waals surface area contributed by atoms with Crippen LogP contribution < -0.4 is 24.8 Å². The van der Waals surface area contributed by atoms with Crippen LogP contribution in [0.5, 0.6) is 0 Å². The standard InChI is InChI=1S/C30H41O.C21H23.C2H6Si.2ClH.Zr/c1-22-21-24-13-12-15-27(23-16-18-25(19-17-23)29(2,3)4)28(24)26(22)14-10-8-9-11-20-31-30(5,6)7;1-5-15-13-17-7-6-8-19(20(17)14-15)16-9-11-18(12-10-16)21(2,3)4;1-3-2;;;/h12-13,15-19,21H,8-11,14,20H2,1-7H3;6-14H,5H2,1-4H3;1-2H3;2*1H;/q2*-1;;;;+2/p-2. The first kappa shape index (κ1) is 51.9. The van der Waals surface area contributed by atoms with Crippen LogP contribution in [0.15, 0.2) is 103 Å². The Kier molecular flexibility index (Phi) is 20.7. The van der Waals surface area contributed by atoms with E-state index >= 15 is 0 Å². The average molecular weight is 913 g/mol. The molecule has 0 heterocycles. The molecule has 6 aromatic rings. The number of benzene rings is 4. The summed E-state index contributed by atoms with van der Waals surface area (Å²) in [5, 5.41) is 5.56. The van der Waals surface area contributed by atoms with Gasteiger partial charge in [-0.3, -0.25) is 0 Å². The van der Waals surface area contributed by atoms with Crippen molar-refractivity contribution < 1.29 is 52.9 Å². The molecule has 0 aromatic heterocycles. The molecule has 0 aliphatic carbocycles. The maximum atomic E-state index is 5.85. The summed E-state index contributed by atoms with van der Waals surface area (Å²) >= 11 is 1.74. The molecule has 0 fully saturated rings. The third kappa shape index (κ3) is 15.3. The molecule has 5 heteroatoms. The predicted octanol–water partition coefficient (Wildman–Crippen LogP) is 9.63. The van der Waals surface area contributed by atoms with Gasteiger partial charge in [-0.15, -0.1) is 74.6 Å². The molecule has 0 bridgehead atoms. The van der Waals surface area contributed by atoms with Gasteiger partial charge in [0, 0.05) is 6.61 Å². The summed E-state index contributed by atoms with van der Waals surface area (Å²) in [6.07, 6.45) is 7.16. The van der Waals surface area contributed by atoms with Gasteiger partial charge in [-0.05, 0) is 66.7 Å². The van der Waals surface area contributed by atoms with Gasteiger partial charge in [0.1, 0.15) is 0 Å². The maximum absolute atomic E-state index is 5.85. The van der Waals surface area contributed by atoms with Crippen molar-refractivity contribution in [2.24, 2.45) is 0 Å². The van der Waals surface area contributed by atoms with Crippen molar-refractivity contribution in [1.82, 2.24) is 0 Å². The topological polar surface area (TPSA) is 9.23 Å². The Bertz CT molecular complexity index is 2150. The van der Waals surface area contributed by atoms with E-state index in [4.69, 9.17) is 4.74 Å². The third-order valence-corrected chi connectivity index (χ3v) is 10.4. The molecule has 6 aromatic carbocycles. The molecule has 0 spiro atoms. The van der Waals surface area contributed by atoms with Crippen LogP contribution in [0.1, 0.15) is 123 Å². The van der Waals surface area contributed by atoms with Gasteiger partial charge in [0.25, 0.3) is 0 Å². The van der Waals surface area contributed by atoms with Crippen molar-refractivity contribution in [2.45, 2.75) is 144 Å². The zero-order valence-corrected chi connectivity index (χ0v) is 42.9. The van der Waals surface area contributed by atoms with Crippen molar-refractivity contribution in [2.75, 3.05) is 6.61 Å². The summed E-state index contributed by atoms with van der Waals surface area (Å²) in [5.41, 5.74) is 13.1. The van der Waals surface area contributed by atoms with E-state index in [0.717, 1.165) is 25.9 Å². The molecular formula is C53H70Cl2OSiZr-2. The average Bonchev–Trinajstić information content (AvgIpc) is 3.70. The molecule has 0 radical (unpaired) electrons. The summed E-state index contributed by atoms with van der Waals surface area (Å²) in [4.78, 5) is 0. The molecular weight excluding hydrogens is 843 g/mol. The molecule has 0 aliphatic rings. The van der Waals surface area contributed by atoms with Crippen LogP contribution in [0.2, 0.25) is 13.1 Å². The van der Waals surface area contributed by atoms with Crippen LogP contribution in [0, 0.1) is 6.92 Å². The fourth-order valence-electron chi connectivity index (χ4n) is 7.30. The smallest absolute Gasteiger partial charge is 0.0598 e. The van der Waals surface area contributed by atoms with E-state index in [1.165, 1.54) is 90.9 Å². The van der Waals surface area contributed by atoms with E-state index in [9.17, 15) is 0 Å². The summed E-state index contributed by atoms with van der Waals surface area (Å²) in [5.74, 6) is 0. The zero-order valence-electron chi connectivity index (χ0n) is 37.9. The molecule has 0 saturated carbocycles. The van der Waals surface area contributed by atoms with Crippen molar-refractivity contribution in [3.63, 3.8) is 0 Å². The number of fused-ring (bicyclic) bond motifs is 2. The van der Waals surface area contributed by atoms with E-state index in [-0.39, 0.29) is 46.7 Å². The Morgan fingerprint density at radius 2 is 1.10 bits per heavy atom. The molecule has 0 aliphatic heterocycles. The predicted molar refractivity (Wildman–Crippen MR) is 247 cm³/mol. The second-order valence-corrected chi connectivity index (χ2v) is 28.3. The van der Waals surface area contributed by atoms with Crippen LogP contribution in [-0.4, -0.2) is 17.6 Å². The van der Waals surface area contributed by atoms with Gasteiger partial charge in [0.2, 0.25) is 0 Å². The monoisotopic (exact) mass is 910 g/mol. The Labute approximate surface area is 381 Å². The second kappa shape index (κ2) is 23.1. The number of unbranched alkanes of at least 4 members (excludes halogenated alkanes) is 3. The first-order chi connectivity index (χ1) is 26.3. The molecule has 1 nitrogen and oxygen atoms in total. The summed E-state index contributed by atoms with van der Waals surface area (Å²) in [7, 11) is 0. The Morgan fingerprint density at radius 3 is 1.60 bits per heavy atom. The first-order valence-electron chi connectivity index (χ1n) is 21.0. The van der Waals surface area contributed by atoms with Gasteiger partial charge in [-0.1, -0.05) is 153 Å². The first-order valence-corrected chi connectivity index (χ1v) is 27.2. The fourth-order valence-corrected chi connectivity index (χ4v) is 7.30. The zero-order chi connectivity index (χ0) is 41.3. The minimum atomic E-state index is -0.0210. The van der Waals surface area contributed by atoms with E-state index < -0.39 is 0 Å². The SMILES string of the molecule is CCc1cc2c(-c3ccc(C(C)(C)C)cc3)cccc2[cH-]1.C[Si](C)=[Zr+2].Cc1[cH-]c2cccc(-c3ccc(C(C)(C)C)cc3)c2c1CCCCCCOC(C)(C)C.[Cl-].[Cl-]. The number of rotatable bonds is 10. The maximum Gasteiger partial charge on any atom is 0.0598 e. The molecule has 0 unspecified atom stereocenters. The number of hydrogen-bond donors (Lipinski definition) is 0. The summed E-state index contributed by atoms with van der Waals surface area (Å²) < 4.78 is 5.85. The van der Waals surface area contributed by atoms with E-state index in [1.54, 1.807) is 23.3 Å². The molecule has 0 atom stereocenters. The quantitative estimate of drug-likeness (QED) is 0.0757. The van der Waals surface area contributed by atoms with Crippen LogP contribution in [0.4, 0.5) is 0 Å². The Balaban J connectivity index is 0.000000374. The molecule has 0 saturated heterocycles. The molecule has 0 N–H and O–H groups in total. The Morgan fingerprint density at radius 1 is 0.621 bits per heavy atom. The molecule has 6 rings (SSSR count). The van der Waals surface area contributed by atoms with Gasteiger partial charge < -0.3 is 29.6 Å². The fraction of sp³-hybridized carbons (Fsp3) is 0.434. The van der Waals surface area contributed by atoms with Crippen molar-refractivity contribution >= 4 is 27.0 Å². The summed E-state index contributed by atoms with van der Waals surface area (Å²) in [6, 6.07) is 38.6. The van der Waals surface area contributed by atoms with Crippen molar-refractivity contribution in [3.05, 3.63) is 131 Å². The van der Waals surface area contributed by atoms with Crippen LogP contribution >= 0.6 is 0 Å². The van der Waals surface area contributed by atoms with Gasteiger partial charge in [-0.25, -0.2) is 0 Å². The van der Waals surface area contributed by atoms with E-state index in [2.05, 4.69) is 192 Å². The minimum Gasteiger partial charge on any atom is -1.00 e. The number of ether oxygens (including phenoxy) is 1. The minimum absolute atomic E-state index is 0. The van der Waals surface area contributed by atoms with Gasteiger partial charge in [0.15, 0.2) is 0 Å². The normalized spacial score (nSPS) is 11.6. The van der Waals surface area contributed by atoms with Crippen LogP contribution in [0.3, 0.4) is 0 Å². The number of halogens is 2. The van der Waals surface area contributed by atoms with Gasteiger partial charge in [-0.2, -0.15) is 6.07 Å². The number of aryl methyl sites for hydroxylation is 3. The second-order valence-electron chi connectivity index (χ2n) is 18.9. The summed E-state index contributed by atoms with van der Waals surface area (Å²) in [6.45, 7) is 30.0. The van der Waals surface area contributed by atoms with Gasteiger partial charge >= 0.3 is 41.9 Å². The molecule has 312 valence electrons. The largest absolute Gasteiger partial charge is 1.00 e. The van der Waals surface area contributed by atoms with Crippen LogP contribution in [0.25, 0.3) is 43.8 Å². The van der Waals surface area contributed by atoms with E-state index in [1.807, 2.05) is 0 Å². The van der Waals surface area contributed by atoms with Crippen molar-refractivity contribution in [1.29, 1.82) is 0 Å². The van der Waals surface area contributed by atoms with Gasteiger partial charge in [0.05, 0.1) is 5.60 Å².